The highest BCUT2D eigenvalue weighted by atomic mass is 16.5. The maximum atomic E-state index is 13.3. The predicted molar refractivity (Wildman–Crippen MR) is 130 cm³/mol. The molecule has 2 atom stereocenters. The van der Waals surface area contributed by atoms with E-state index in [1.54, 1.807) is 18.9 Å². The average Bonchev–Trinajstić information content (AvgIpc) is 2.85. The molecule has 33 heavy (non-hydrogen) atoms. The number of methoxy groups -OCH3 is 1. The summed E-state index contributed by atoms with van der Waals surface area (Å²) in [6.45, 7) is 5.83. The summed E-state index contributed by atoms with van der Waals surface area (Å²) in [6, 6.07) is 20.5. The molecule has 2 amide bonds. The minimum Gasteiger partial charge on any atom is -0.497 e. The lowest BCUT2D eigenvalue weighted by Gasteiger charge is -2.29. The highest BCUT2D eigenvalue weighted by Gasteiger charge is 2.27. The third kappa shape index (κ3) is 6.25. The van der Waals surface area contributed by atoms with Crippen LogP contribution >= 0.6 is 0 Å². The van der Waals surface area contributed by atoms with Crippen molar-refractivity contribution in [1.29, 1.82) is 0 Å². The molecule has 3 aromatic carbocycles. The lowest BCUT2D eigenvalue weighted by atomic mass is 10.1. The van der Waals surface area contributed by atoms with Crippen molar-refractivity contribution in [2.45, 2.75) is 45.8 Å². The number of nitrogens with zero attached hydrogens (tertiary/aromatic N) is 1. The number of hydrogen-bond donors (Lipinski definition) is 1. The second-order valence-corrected chi connectivity index (χ2v) is 8.13. The Morgan fingerprint density at radius 3 is 2.36 bits per heavy atom. The number of carbonyl (C=O) groups is 2. The normalized spacial score (nSPS) is 12.6. The monoisotopic (exact) mass is 448 g/mol. The molecule has 0 aliphatic carbocycles. The van der Waals surface area contributed by atoms with Gasteiger partial charge in [0, 0.05) is 18.0 Å². The fraction of sp³-hybridized carbons (Fsp3) is 0.333. The molecular formula is C27H32N2O4. The summed E-state index contributed by atoms with van der Waals surface area (Å²) in [4.78, 5) is 27.7. The van der Waals surface area contributed by atoms with Crippen LogP contribution in [0.3, 0.4) is 0 Å². The molecule has 174 valence electrons. The molecule has 0 unspecified atom stereocenters. The van der Waals surface area contributed by atoms with Crippen LogP contribution in [0.25, 0.3) is 10.8 Å². The molecule has 0 aliphatic heterocycles. The van der Waals surface area contributed by atoms with Crippen LogP contribution in [-0.2, 0) is 16.1 Å². The molecule has 1 N–H and O–H groups in total. The predicted octanol–water partition coefficient (Wildman–Crippen LogP) is 4.56. The van der Waals surface area contributed by atoms with Gasteiger partial charge in [-0.05, 0) is 49.4 Å². The minimum atomic E-state index is -0.648. The van der Waals surface area contributed by atoms with E-state index in [4.69, 9.17) is 9.47 Å². The first-order chi connectivity index (χ1) is 15.9. The Morgan fingerprint density at radius 1 is 0.970 bits per heavy atom. The molecule has 3 rings (SSSR count). The molecule has 0 spiro atoms. The number of nitrogens with one attached hydrogen (secondary N) is 1. The first-order valence-corrected chi connectivity index (χ1v) is 11.3. The van der Waals surface area contributed by atoms with Crippen LogP contribution in [0.1, 0.15) is 32.8 Å². The van der Waals surface area contributed by atoms with Gasteiger partial charge in [-0.1, -0.05) is 55.5 Å². The van der Waals surface area contributed by atoms with Crippen molar-refractivity contribution in [3.05, 3.63) is 72.3 Å². The SMILES string of the molecule is CC[C@H](C)NC(=O)[C@H](C)N(Cc1ccc(OC)cc1)C(=O)COc1cccc2ccccc12. The van der Waals surface area contributed by atoms with Gasteiger partial charge in [-0.3, -0.25) is 9.59 Å². The smallest absolute Gasteiger partial charge is 0.261 e. The third-order valence-electron chi connectivity index (χ3n) is 5.78. The highest BCUT2D eigenvalue weighted by Crippen LogP contribution is 2.25. The Hall–Kier alpha value is -3.54. The molecule has 0 fully saturated rings. The molecule has 0 saturated carbocycles. The second kappa shape index (κ2) is 11.4. The lowest BCUT2D eigenvalue weighted by Crippen LogP contribution is -2.50. The molecule has 6 heteroatoms. The van der Waals surface area contributed by atoms with Gasteiger partial charge < -0.3 is 19.7 Å². The quantitative estimate of drug-likeness (QED) is 0.494. The molecule has 3 aromatic rings. The molecule has 0 aliphatic rings. The number of hydrogen-bond acceptors (Lipinski definition) is 4. The van der Waals surface area contributed by atoms with E-state index in [0.717, 1.165) is 28.5 Å². The maximum Gasteiger partial charge on any atom is 0.261 e. The number of fused-ring (bicyclic) bond motifs is 1. The Kier molecular flexibility index (Phi) is 8.30. The largest absolute Gasteiger partial charge is 0.497 e. The summed E-state index contributed by atoms with van der Waals surface area (Å²) in [5.74, 6) is 0.933. The summed E-state index contributed by atoms with van der Waals surface area (Å²) in [6.07, 6.45) is 0.815. The molecule has 0 bridgehead atoms. The Balaban J connectivity index is 1.78. The summed E-state index contributed by atoms with van der Waals surface area (Å²) in [7, 11) is 1.61. The fourth-order valence-electron chi connectivity index (χ4n) is 3.52. The van der Waals surface area contributed by atoms with Crippen molar-refractivity contribution in [3.8, 4) is 11.5 Å². The zero-order valence-electron chi connectivity index (χ0n) is 19.7. The summed E-state index contributed by atoms with van der Waals surface area (Å²) < 4.78 is 11.1. The summed E-state index contributed by atoms with van der Waals surface area (Å²) >= 11 is 0. The van der Waals surface area contributed by atoms with Crippen LogP contribution in [0.2, 0.25) is 0 Å². The number of carbonyl (C=O) groups excluding carboxylic acids is 2. The van der Waals surface area contributed by atoms with Crippen LogP contribution in [0.4, 0.5) is 0 Å². The van der Waals surface area contributed by atoms with Crippen molar-refractivity contribution in [2.75, 3.05) is 13.7 Å². The van der Waals surface area contributed by atoms with E-state index in [9.17, 15) is 9.59 Å². The number of benzene rings is 3. The van der Waals surface area contributed by atoms with Crippen molar-refractivity contribution >= 4 is 22.6 Å². The average molecular weight is 449 g/mol. The second-order valence-electron chi connectivity index (χ2n) is 8.13. The Labute approximate surface area is 195 Å². The van der Waals surface area contributed by atoms with Gasteiger partial charge in [-0.2, -0.15) is 0 Å². The molecule has 6 nitrogen and oxygen atoms in total. The van der Waals surface area contributed by atoms with Gasteiger partial charge in [0.05, 0.1) is 7.11 Å². The first-order valence-electron chi connectivity index (χ1n) is 11.3. The minimum absolute atomic E-state index is 0.0322. The van der Waals surface area contributed by atoms with E-state index in [2.05, 4.69) is 5.32 Å². The zero-order valence-corrected chi connectivity index (χ0v) is 19.7. The van der Waals surface area contributed by atoms with Crippen molar-refractivity contribution in [2.24, 2.45) is 0 Å². The van der Waals surface area contributed by atoms with Gasteiger partial charge >= 0.3 is 0 Å². The molecule has 0 heterocycles. The number of ether oxygens (including phenoxy) is 2. The third-order valence-corrected chi connectivity index (χ3v) is 5.78. The van der Waals surface area contributed by atoms with Gasteiger partial charge in [0.25, 0.3) is 5.91 Å². The topological polar surface area (TPSA) is 67.9 Å². The van der Waals surface area contributed by atoms with Crippen LogP contribution in [-0.4, -0.2) is 42.5 Å². The van der Waals surface area contributed by atoms with E-state index >= 15 is 0 Å². The number of amides is 2. The summed E-state index contributed by atoms with van der Waals surface area (Å²) in [5, 5.41) is 4.96. The lowest BCUT2D eigenvalue weighted by molar-refractivity contribution is -0.142. The molecule has 0 saturated heterocycles. The van der Waals surface area contributed by atoms with Gasteiger partial charge in [0.1, 0.15) is 17.5 Å². The van der Waals surface area contributed by atoms with E-state index < -0.39 is 6.04 Å². The van der Waals surface area contributed by atoms with Gasteiger partial charge in [0.15, 0.2) is 6.61 Å². The van der Waals surface area contributed by atoms with Crippen LogP contribution < -0.4 is 14.8 Å². The van der Waals surface area contributed by atoms with Gasteiger partial charge in [-0.15, -0.1) is 0 Å². The van der Waals surface area contributed by atoms with Crippen LogP contribution in [0.5, 0.6) is 11.5 Å². The first kappa shape index (κ1) is 24.1. The summed E-state index contributed by atoms with van der Waals surface area (Å²) in [5.41, 5.74) is 0.900. The molecule has 0 radical (unpaired) electrons. The van der Waals surface area contributed by atoms with E-state index in [-0.39, 0.29) is 31.0 Å². The van der Waals surface area contributed by atoms with Crippen molar-refractivity contribution < 1.29 is 19.1 Å². The standard InChI is InChI=1S/C27H32N2O4/c1-5-19(2)28-27(31)20(3)29(17-21-13-15-23(32-4)16-14-21)26(30)18-33-25-12-8-10-22-9-6-7-11-24(22)25/h6-16,19-20H,5,17-18H2,1-4H3,(H,28,31)/t19-,20-/m0/s1. The van der Waals surface area contributed by atoms with Crippen molar-refractivity contribution in [1.82, 2.24) is 10.2 Å². The molecule has 0 aromatic heterocycles. The zero-order chi connectivity index (χ0) is 23.8. The Bertz CT molecular complexity index is 1080. The van der Waals surface area contributed by atoms with Crippen LogP contribution in [0, 0.1) is 0 Å². The van der Waals surface area contributed by atoms with Gasteiger partial charge in [-0.25, -0.2) is 0 Å². The van der Waals surface area contributed by atoms with E-state index in [0.29, 0.717) is 5.75 Å². The van der Waals surface area contributed by atoms with Crippen molar-refractivity contribution in [3.63, 3.8) is 0 Å². The number of rotatable bonds is 10. The van der Waals surface area contributed by atoms with Crippen LogP contribution in [0.15, 0.2) is 66.7 Å². The maximum absolute atomic E-state index is 13.3. The van der Waals surface area contributed by atoms with E-state index in [1.165, 1.54) is 0 Å². The van der Waals surface area contributed by atoms with Gasteiger partial charge in [0.2, 0.25) is 5.91 Å². The van der Waals surface area contributed by atoms with E-state index in [1.807, 2.05) is 80.6 Å². The Morgan fingerprint density at radius 2 is 1.67 bits per heavy atom. The highest BCUT2D eigenvalue weighted by molar-refractivity contribution is 5.90. The fourth-order valence-corrected chi connectivity index (χ4v) is 3.52. The molecular weight excluding hydrogens is 416 g/mol.